The zero-order valence-electron chi connectivity index (χ0n) is 15.5. The Hall–Kier alpha value is -2.44. The van der Waals surface area contributed by atoms with Gasteiger partial charge in [0.25, 0.3) is 5.91 Å². The summed E-state index contributed by atoms with van der Waals surface area (Å²) in [5, 5.41) is 4.83. The average molecular weight is 461 g/mol. The molecule has 1 heterocycles. The summed E-state index contributed by atoms with van der Waals surface area (Å²) in [4.78, 5) is 27.6. The molecule has 28 heavy (non-hydrogen) atoms. The van der Waals surface area contributed by atoms with Crippen molar-refractivity contribution >= 4 is 39.2 Å². The maximum Gasteiger partial charge on any atom is 0.254 e. The molecule has 0 aliphatic rings. The molecular weight excluding hydrogens is 442 g/mol. The highest BCUT2D eigenvalue weighted by molar-refractivity contribution is 9.10. The van der Waals surface area contributed by atoms with Crippen molar-refractivity contribution in [3.63, 3.8) is 0 Å². The fourth-order valence-corrected chi connectivity index (χ4v) is 3.49. The van der Waals surface area contributed by atoms with Gasteiger partial charge in [0, 0.05) is 29.7 Å². The second-order valence-electron chi connectivity index (χ2n) is 6.30. The van der Waals surface area contributed by atoms with E-state index in [0.717, 1.165) is 10.2 Å². The van der Waals surface area contributed by atoms with E-state index in [9.17, 15) is 9.59 Å². The summed E-state index contributed by atoms with van der Waals surface area (Å²) < 4.78 is 2.68. The molecule has 7 heteroatoms. The minimum atomic E-state index is -0.228. The molecule has 0 aliphatic heterocycles. The molecule has 144 valence electrons. The first-order valence-electron chi connectivity index (χ1n) is 8.77. The van der Waals surface area contributed by atoms with Crippen LogP contribution in [-0.4, -0.2) is 33.4 Å². The number of benzene rings is 2. The number of hydrogen-bond donors (Lipinski definition) is 0. The van der Waals surface area contributed by atoms with E-state index in [1.165, 1.54) is 0 Å². The second-order valence-corrected chi connectivity index (χ2v) is 7.59. The summed E-state index contributed by atoms with van der Waals surface area (Å²) in [6.07, 6.45) is 1.72. The SMILES string of the molecule is CCn1ncc(Br)c1CN(C)C(=O)c1ccccc1C(=O)c1ccc(Cl)cc1. The Bertz CT molecular complexity index is 1010. The smallest absolute Gasteiger partial charge is 0.254 e. The third-order valence-electron chi connectivity index (χ3n) is 4.44. The van der Waals surface area contributed by atoms with Crippen LogP contribution >= 0.6 is 27.5 Å². The van der Waals surface area contributed by atoms with Crippen LogP contribution in [0.1, 0.15) is 38.9 Å². The van der Waals surface area contributed by atoms with Gasteiger partial charge in [0.1, 0.15) is 0 Å². The predicted octanol–water partition coefficient (Wildman–Crippen LogP) is 4.82. The van der Waals surface area contributed by atoms with Gasteiger partial charge in [-0.1, -0.05) is 29.8 Å². The third kappa shape index (κ3) is 4.18. The lowest BCUT2D eigenvalue weighted by Gasteiger charge is -2.19. The zero-order chi connectivity index (χ0) is 20.3. The molecular formula is C21H19BrClN3O2. The van der Waals surface area contributed by atoms with Crippen molar-refractivity contribution in [3.8, 4) is 0 Å². The number of ketones is 1. The van der Waals surface area contributed by atoms with Crippen LogP contribution in [0.25, 0.3) is 0 Å². The molecule has 0 saturated heterocycles. The third-order valence-corrected chi connectivity index (χ3v) is 5.35. The van der Waals surface area contributed by atoms with Gasteiger partial charge in [-0.25, -0.2) is 0 Å². The standard InChI is InChI=1S/C21H19BrClN3O2/c1-3-26-19(18(22)12-24-26)13-25(2)21(28)17-7-5-4-6-16(17)20(27)14-8-10-15(23)11-9-14/h4-12H,3,13H2,1-2H3. The van der Waals surface area contributed by atoms with E-state index in [0.29, 0.717) is 34.8 Å². The number of carbonyl (C=O) groups is 2. The normalized spacial score (nSPS) is 10.7. The van der Waals surface area contributed by atoms with E-state index in [1.54, 1.807) is 66.7 Å². The van der Waals surface area contributed by atoms with Crippen molar-refractivity contribution in [2.45, 2.75) is 20.0 Å². The van der Waals surface area contributed by atoms with Crippen molar-refractivity contribution in [2.24, 2.45) is 0 Å². The lowest BCUT2D eigenvalue weighted by atomic mass is 9.97. The van der Waals surface area contributed by atoms with Gasteiger partial charge in [0.2, 0.25) is 0 Å². The Balaban J connectivity index is 1.89. The highest BCUT2D eigenvalue weighted by Crippen LogP contribution is 2.21. The molecule has 3 rings (SSSR count). The number of aryl methyl sites for hydroxylation is 1. The molecule has 0 atom stereocenters. The lowest BCUT2D eigenvalue weighted by Crippen LogP contribution is -2.29. The van der Waals surface area contributed by atoms with Gasteiger partial charge < -0.3 is 4.90 Å². The Morgan fingerprint density at radius 3 is 2.39 bits per heavy atom. The predicted molar refractivity (Wildman–Crippen MR) is 113 cm³/mol. The van der Waals surface area contributed by atoms with Crippen LogP contribution in [0.4, 0.5) is 0 Å². The second kappa shape index (κ2) is 8.71. The Kier molecular flexibility index (Phi) is 6.31. The van der Waals surface area contributed by atoms with Gasteiger partial charge in [0.05, 0.1) is 28.5 Å². The molecule has 0 saturated carbocycles. The molecule has 2 aromatic carbocycles. The van der Waals surface area contributed by atoms with E-state index in [2.05, 4.69) is 21.0 Å². The maximum absolute atomic E-state index is 13.1. The van der Waals surface area contributed by atoms with Crippen molar-refractivity contribution in [2.75, 3.05) is 7.05 Å². The van der Waals surface area contributed by atoms with Gasteiger partial charge in [-0.3, -0.25) is 14.3 Å². The summed E-state index contributed by atoms with van der Waals surface area (Å²) in [5.74, 6) is -0.442. The number of nitrogens with zero attached hydrogens (tertiary/aromatic N) is 3. The van der Waals surface area contributed by atoms with Crippen LogP contribution in [0.15, 0.2) is 59.2 Å². The highest BCUT2D eigenvalue weighted by Gasteiger charge is 2.22. The largest absolute Gasteiger partial charge is 0.336 e. The summed E-state index contributed by atoms with van der Waals surface area (Å²) in [5.41, 5.74) is 2.12. The number of rotatable bonds is 6. The molecule has 0 aliphatic carbocycles. The minimum absolute atomic E-state index is 0.214. The maximum atomic E-state index is 13.1. The molecule has 1 amide bonds. The van der Waals surface area contributed by atoms with Crippen molar-refractivity contribution < 1.29 is 9.59 Å². The van der Waals surface area contributed by atoms with Crippen LogP contribution < -0.4 is 0 Å². The number of hydrogen-bond acceptors (Lipinski definition) is 3. The number of carbonyl (C=O) groups excluding carboxylic acids is 2. The highest BCUT2D eigenvalue weighted by atomic mass is 79.9. The van der Waals surface area contributed by atoms with Gasteiger partial charge in [-0.15, -0.1) is 0 Å². The van der Waals surface area contributed by atoms with Crippen LogP contribution in [0.3, 0.4) is 0 Å². The lowest BCUT2D eigenvalue weighted by molar-refractivity contribution is 0.0776. The van der Waals surface area contributed by atoms with Crippen molar-refractivity contribution in [1.29, 1.82) is 0 Å². The summed E-state index contributed by atoms with van der Waals surface area (Å²) >= 11 is 9.39. The van der Waals surface area contributed by atoms with Crippen LogP contribution in [0.2, 0.25) is 5.02 Å². The first-order valence-corrected chi connectivity index (χ1v) is 9.94. The Labute approximate surface area is 177 Å². The fraction of sp³-hybridized carbons (Fsp3) is 0.190. The van der Waals surface area contributed by atoms with E-state index in [4.69, 9.17) is 11.6 Å². The Morgan fingerprint density at radius 2 is 1.75 bits per heavy atom. The summed E-state index contributed by atoms with van der Waals surface area (Å²) in [7, 11) is 1.71. The zero-order valence-corrected chi connectivity index (χ0v) is 17.9. The minimum Gasteiger partial charge on any atom is -0.336 e. The van der Waals surface area contributed by atoms with Gasteiger partial charge in [0.15, 0.2) is 5.78 Å². The van der Waals surface area contributed by atoms with Crippen molar-refractivity contribution in [3.05, 3.63) is 86.6 Å². The van der Waals surface area contributed by atoms with E-state index >= 15 is 0 Å². The van der Waals surface area contributed by atoms with E-state index in [1.807, 2.05) is 11.6 Å². The van der Waals surface area contributed by atoms with E-state index in [-0.39, 0.29) is 11.7 Å². The topological polar surface area (TPSA) is 55.2 Å². The summed E-state index contributed by atoms with van der Waals surface area (Å²) in [6, 6.07) is 13.5. The number of halogens is 2. The molecule has 0 fully saturated rings. The van der Waals surface area contributed by atoms with E-state index < -0.39 is 0 Å². The Morgan fingerprint density at radius 1 is 1.11 bits per heavy atom. The van der Waals surface area contributed by atoms with Gasteiger partial charge in [-0.2, -0.15) is 5.10 Å². The van der Waals surface area contributed by atoms with Crippen LogP contribution in [-0.2, 0) is 13.1 Å². The summed E-state index contributed by atoms with van der Waals surface area (Å²) in [6.45, 7) is 3.07. The fourth-order valence-electron chi connectivity index (χ4n) is 2.94. The number of aromatic nitrogens is 2. The molecule has 0 bridgehead atoms. The van der Waals surface area contributed by atoms with Crippen LogP contribution in [0.5, 0.6) is 0 Å². The average Bonchev–Trinajstić information content (AvgIpc) is 3.07. The molecule has 1 aromatic heterocycles. The monoisotopic (exact) mass is 459 g/mol. The first-order chi connectivity index (χ1) is 13.4. The number of amides is 1. The quantitative estimate of drug-likeness (QED) is 0.496. The van der Waals surface area contributed by atoms with Gasteiger partial charge >= 0.3 is 0 Å². The first kappa shape index (κ1) is 20.3. The molecule has 3 aromatic rings. The van der Waals surface area contributed by atoms with Crippen LogP contribution in [0, 0.1) is 0 Å². The van der Waals surface area contributed by atoms with Crippen molar-refractivity contribution in [1.82, 2.24) is 14.7 Å². The molecule has 0 radical (unpaired) electrons. The molecule has 0 spiro atoms. The van der Waals surface area contributed by atoms with Gasteiger partial charge in [-0.05, 0) is 53.2 Å². The molecule has 0 unspecified atom stereocenters. The molecule has 5 nitrogen and oxygen atoms in total. The molecule has 0 N–H and O–H groups in total.